The third-order valence-corrected chi connectivity index (χ3v) is 4.71. The van der Waals surface area contributed by atoms with E-state index < -0.39 is 17.2 Å². The summed E-state index contributed by atoms with van der Waals surface area (Å²) < 4.78 is 4.93. The van der Waals surface area contributed by atoms with Gasteiger partial charge in [0.05, 0.1) is 6.42 Å². The van der Waals surface area contributed by atoms with Crippen LogP contribution in [0.3, 0.4) is 0 Å². The summed E-state index contributed by atoms with van der Waals surface area (Å²) in [6, 6.07) is 7.59. The van der Waals surface area contributed by atoms with Crippen molar-refractivity contribution in [1.82, 2.24) is 18.7 Å². The summed E-state index contributed by atoms with van der Waals surface area (Å²) in [7, 11) is 2.96. The number of rotatable bonds is 5. The summed E-state index contributed by atoms with van der Waals surface area (Å²) in [5, 5.41) is 9.00. The van der Waals surface area contributed by atoms with Crippen LogP contribution in [0.4, 0.5) is 0 Å². The second-order valence-electron chi connectivity index (χ2n) is 6.02. The van der Waals surface area contributed by atoms with E-state index in [9.17, 15) is 14.4 Å². The monoisotopic (exact) mass is 420 g/mol. The Bertz CT molecular complexity index is 1130. The van der Waals surface area contributed by atoms with Crippen molar-refractivity contribution in [3.63, 3.8) is 0 Å². The number of aliphatic carboxylic acids is 1. The lowest BCUT2D eigenvalue weighted by Crippen LogP contribution is -2.37. The van der Waals surface area contributed by atoms with Gasteiger partial charge in [-0.15, -0.1) is 0 Å². The number of hydrogen-bond acceptors (Lipinski definition) is 4. The first kappa shape index (κ1) is 18.1. The molecular formula is C17H17BrN4O4. The van der Waals surface area contributed by atoms with Crippen molar-refractivity contribution in [3.05, 3.63) is 61.0 Å². The van der Waals surface area contributed by atoms with Crippen molar-refractivity contribution < 1.29 is 9.90 Å². The van der Waals surface area contributed by atoms with Gasteiger partial charge in [-0.05, 0) is 17.7 Å². The molecule has 1 N–H and O–H groups in total. The molecule has 3 aromatic rings. The zero-order valence-electron chi connectivity index (χ0n) is 14.3. The minimum absolute atomic E-state index is 0.115. The summed E-state index contributed by atoms with van der Waals surface area (Å²) in [5.74, 6) is -0.492. The van der Waals surface area contributed by atoms with Crippen molar-refractivity contribution in [2.24, 2.45) is 14.1 Å². The van der Waals surface area contributed by atoms with Crippen LogP contribution < -0.4 is 11.2 Å². The number of carboxylic acid groups (broad SMARTS) is 1. The fourth-order valence-electron chi connectivity index (χ4n) is 2.89. The van der Waals surface area contributed by atoms with Gasteiger partial charge in [0.1, 0.15) is 5.82 Å². The number of aryl methyl sites for hydroxylation is 2. The number of imidazole rings is 1. The first-order valence-electron chi connectivity index (χ1n) is 7.91. The fourth-order valence-corrected chi connectivity index (χ4v) is 3.34. The predicted molar refractivity (Wildman–Crippen MR) is 99.4 cm³/mol. The Morgan fingerprint density at radius 1 is 1.23 bits per heavy atom. The highest BCUT2D eigenvalue weighted by Crippen LogP contribution is 2.18. The van der Waals surface area contributed by atoms with E-state index >= 15 is 0 Å². The van der Waals surface area contributed by atoms with E-state index in [2.05, 4.69) is 20.9 Å². The molecule has 0 saturated carbocycles. The van der Waals surface area contributed by atoms with Crippen molar-refractivity contribution >= 4 is 33.1 Å². The van der Waals surface area contributed by atoms with Crippen LogP contribution in [-0.4, -0.2) is 29.8 Å². The molecule has 0 spiro atoms. The zero-order valence-corrected chi connectivity index (χ0v) is 15.9. The van der Waals surface area contributed by atoms with E-state index in [0.29, 0.717) is 12.4 Å². The SMILES string of the molecule is Cn1c(=O)c2c(nc(CCC(=O)O)n2Cc2cccc(Br)c2)n(C)c1=O. The Kier molecular flexibility index (Phi) is 4.82. The summed E-state index contributed by atoms with van der Waals surface area (Å²) in [6.45, 7) is 0.346. The van der Waals surface area contributed by atoms with E-state index in [0.717, 1.165) is 14.6 Å². The third-order valence-electron chi connectivity index (χ3n) is 4.22. The summed E-state index contributed by atoms with van der Waals surface area (Å²) in [5.41, 5.74) is 0.543. The average Bonchev–Trinajstić information content (AvgIpc) is 2.95. The molecule has 0 amide bonds. The van der Waals surface area contributed by atoms with Crippen LogP contribution in [0.5, 0.6) is 0 Å². The maximum Gasteiger partial charge on any atom is 0.332 e. The van der Waals surface area contributed by atoms with Crippen molar-refractivity contribution in [1.29, 1.82) is 0 Å². The number of benzene rings is 1. The summed E-state index contributed by atoms with van der Waals surface area (Å²) in [6.07, 6.45) is 0.0471. The number of hydrogen-bond donors (Lipinski definition) is 1. The minimum Gasteiger partial charge on any atom is -0.481 e. The van der Waals surface area contributed by atoms with Crippen LogP contribution in [0.15, 0.2) is 38.3 Å². The largest absolute Gasteiger partial charge is 0.481 e. The molecule has 0 aliphatic rings. The number of aromatic nitrogens is 4. The van der Waals surface area contributed by atoms with Gasteiger partial charge in [0.25, 0.3) is 5.56 Å². The summed E-state index contributed by atoms with van der Waals surface area (Å²) in [4.78, 5) is 40.2. The van der Waals surface area contributed by atoms with Gasteiger partial charge in [0.15, 0.2) is 11.2 Å². The molecule has 0 fully saturated rings. The third kappa shape index (κ3) is 3.22. The molecule has 2 heterocycles. The van der Waals surface area contributed by atoms with Crippen LogP contribution in [0.1, 0.15) is 17.8 Å². The van der Waals surface area contributed by atoms with Gasteiger partial charge < -0.3 is 9.67 Å². The van der Waals surface area contributed by atoms with Crippen LogP contribution in [0.25, 0.3) is 11.2 Å². The van der Waals surface area contributed by atoms with E-state index in [1.54, 1.807) is 11.6 Å². The van der Waals surface area contributed by atoms with Crippen LogP contribution in [-0.2, 0) is 31.9 Å². The highest BCUT2D eigenvalue weighted by Gasteiger charge is 2.19. The van der Waals surface area contributed by atoms with E-state index in [1.165, 1.54) is 11.6 Å². The number of nitrogens with zero attached hydrogens (tertiary/aromatic N) is 4. The Hall–Kier alpha value is -2.68. The normalized spacial score (nSPS) is 11.2. The average molecular weight is 421 g/mol. The predicted octanol–water partition coefficient (Wildman–Crippen LogP) is 1.26. The molecule has 0 bridgehead atoms. The number of fused-ring (bicyclic) bond motifs is 1. The molecule has 2 aromatic heterocycles. The lowest BCUT2D eigenvalue weighted by atomic mass is 10.2. The quantitative estimate of drug-likeness (QED) is 0.669. The van der Waals surface area contributed by atoms with E-state index in [1.807, 2.05) is 24.3 Å². The molecule has 136 valence electrons. The Morgan fingerprint density at radius 2 is 1.96 bits per heavy atom. The molecule has 1 aromatic carbocycles. The molecule has 0 atom stereocenters. The van der Waals surface area contributed by atoms with Crippen LogP contribution in [0, 0.1) is 0 Å². The van der Waals surface area contributed by atoms with Crippen LogP contribution in [0.2, 0.25) is 0 Å². The minimum atomic E-state index is -0.951. The number of carboxylic acids is 1. The molecule has 8 nitrogen and oxygen atoms in total. The van der Waals surface area contributed by atoms with E-state index in [-0.39, 0.29) is 24.0 Å². The first-order valence-corrected chi connectivity index (χ1v) is 8.70. The number of carbonyl (C=O) groups is 1. The van der Waals surface area contributed by atoms with Gasteiger partial charge in [0.2, 0.25) is 0 Å². The molecule has 0 aliphatic heterocycles. The molecule has 3 rings (SSSR count). The smallest absolute Gasteiger partial charge is 0.332 e. The van der Waals surface area contributed by atoms with Gasteiger partial charge in [-0.2, -0.15) is 0 Å². The highest BCUT2D eigenvalue weighted by molar-refractivity contribution is 9.10. The molecule has 0 saturated heterocycles. The van der Waals surface area contributed by atoms with Crippen molar-refractivity contribution in [3.8, 4) is 0 Å². The van der Waals surface area contributed by atoms with Crippen molar-refractivity contribution in [2.45, 2.75) is 19.4 Å². The maximum absolute atomic E-state index is 12.7. The molecule has 9 heteroatoms. The van der Waals surface area contributed by atoms with Gasteiger partial charge in [-0.1, -0.05) is 28.1 Å². The Morgan fingerprint density at radius 3 is 2.62 bits per heavy atom. The maximum atomic E-state index is 12.7. The topological polar surface area (TPSA) is 99.1 Å². The second-order valence-corrected chi connectivity index (χ2v) is 6.93. The fraction of sp³-hybridized carbons (Fsp3) is 0.294. The zero-order chi connectivity index (χ0) is 19.0. The van der Waals surface area contributed by atoms with Gasteiger partial charge in [-0.3, -0.25) is 18.7 Å². The molecule has 0 aliphatic carbocycles. The Balaban J connectivity index is 2.25. The number of halogens is 1. The second kappa shape index (κ2) is 6.91. The standard InChI is InChI=1S/C17H17BrN4O4/c1-20-15-14(16(25)21(2)17(20)26)22(12(19-15)6-7-13(23)24)9-10-4-3-5-11(18)8-10/h3-5,8H,6-7,9H2,1-2H3,(H,23,24). The van der Waals surface area contributed by atoms with E-state index in [4.69, 9.17) is 5.11 Å². The lowest BCUT2D eigenvalue weighted by molar-refractivity contribution is -0.137. The molecule has 0 radical (unpaired) electrons. The Labute approximate surface area is 156 Å². The molecule has 26 heavy (non-hydrogen) atoms. The lowest BCUT2D eigenvalue weighted by Gasteiger charge is -2.10. The van der Waals surface area contributed by atoms with Gasteiger partial charge in [0, 0.05) is 31.5 Å². The first-order chi connectivity index (χ1) is 12.3. The highest BCUT2D eigenvalue weighted by atomic mass is 79.9. The van der Waals surface area contributed by atoms with Crippen LogP contribution >= 0.6 is 15.9 Å². The van der Waals surface area contributed by atoms with Gasteiger partial charge in [-0.25, -0.2) is 9.78 Å². The van der Waals surface area contributed by atoms with Crippen molar-refractivity contribution in [2.75, 3.05) is 0 Å². The molecule has 0 unspecified atom stereocenters. The summed E-state index contributed by atoms with van der Waals surface area (Å²) >= 11 is 3.42. The van der Waals surface area contributed by atoms with Gasteiger partial charge >= 0.3 is 11.7 Å². The molecular weight excluding hydrogens is 404 g/mol.